The van der Waals surface area contributed by atoms with Gasteiger partial charge in [0.2, 0.25) is 0 Å². The molecular weight excluding hydrogens is 215 g/mol. The minimum absolute atomic E-state index is 0.238. The van der Waals surface area contributed by atoms with Crippen LogP contribution in [0.3, 0.4) is 0 Å². The number of aliphatic hydroxyl groups is 1. The predicted molar refractivity (Wildman–Crippen MR) is 68.5 cm³/mol. The highest BCUT2D eigenvalue weighted by atomic mass is 19.1. The largest absolute Gasteiger partial charge is 0.390 e. The molecule has 0 aromatic carbocycles. The Hall–Kier alpha value is -0.370. The zero-order chi connectivity index (χ0) is 12.8. The molecule has 0 spiro atoms. The van der Waals surface area contributed by atoms with Crippen LogP contribution in [0.25, 0.3) is 0 Å². The van der Waals surface area contributed by atoms with E-state index in [2.05, 4.69) is 13.8 Å². The van der Waals surface area contributed by atoms with E-state index in [1.54, 1.807) is 13.8 Å². The molecule has 2 heteroatoms. The summed E-state index contributed by atoms with van der Waals surface area (Å²) in [5.74, 6) is 0.629. The number of alkyl halides is 1. The van der Waals surface area contributed by atoms with Crippen molar-refractivity contribution in [3.05, 3.63) is 11.1 Å². The quantitative estimate of drug-likeness (QED) is 0.690. The van der Waals surface area contributed by atoms with Crippen molar-refractivity contribution >= 4 is 0 Å². The lowest BCUT2D eigenvalue weighted by atomic mass is 9.80. The van der Waals surface area contributed by atoms with Gasteiger partial charge >= 0.3 is 0 Å². The van der Waals surface area contributed by atoms with Gasteiger partial charge in [0.25, 0.3) is 0 Å². The van der Waals surface area contributed by atoms with E-state index in [4.69, 9.17) is 0 Å². The van der Waals surface area contributed by atoms with E-state index in [1.807, 2.05) is 0 Å². The van der Waals surface area contributed by atoms with Gasteiger partial charge in [-0.25, -0.2) is 4.39 Å². The fourth-order valence-electron chi connectivity index (χ4n) is 3.65. The monoisotopic (exact) mass is 240 g/mol. The molecule has 0 saturated heterocycles. The third-order valence-corrected chi connectivity index (χ3v) is 4.81. The van der Waals surface area contributed by atoms with Gasteiger partial charge in [-0.15, -0.1) is 0 Å². The molecule has 17 heavy (non-hydrogen) atoms. The Kier molecular flexibility index (Phi) is 3.37. The van der Waals surface area contributed by atoms with Gasteiger partial charge in [0.15, 0.2) is 0 Å². The number of hydrogen-bond donors (Lipinski definition) is 1. The minimum Gasteiger partial charge on any atom is -0.390 e. The third kappa shape index (κ3) is 2.29. The maximum absolute atomic E-state index is 14.8. The Labute approximate surface area is 104 Å². The number of halogens is 1. The van der Waals surface area contributed by atoms with Gasteiger partial charge < -0.3 is 5.11 Å². The lowest BCUT2D eigenvalue weighted by Gasteiger charge is -2.32. The van der Waals surface area contributed by atoms with E-state index in [0.29, 0.717) is 11.8 Å². The second kappa shape index (κ2) is 4.38. The third-order valence-electron chi connectivity index (χ3n) is 4.81. The van der Waals surface area contributed by atoms with E-state index < -0.39 is 11.8 Å². The second-order valence-electron chi connectivity index (χ2n) is 6.56. The first-order valence-electron chi connectivity index (χ1n) is 6.91. The van der Waals surface area contributed by atoms with Crippen LogP contribution in [0.1, 0.15) is 53.4 Å². The summed E-state index contributed by atoms with van der Waals surface area (Å²) < 4.78 is 14.8. The average molecular weight is 240 g/mol. The summed E-state index contributed by atoms with van der Waals surface area (Å²) in [5, 5.41) is 10.2. The molecule has 0 radical (unpaired) electrons. The number of allylic oxidation sites excluding steroid dienone is 2. The van der Waals surface area contributed by atoms with Crippen LogP contribution in [-0.2, 0) is 0 Å². The molecule has 0 bridgehead atoms. The summed E-state index contributed by atoms with van der Waals surface area (Å²) in [4.78, 5) is 0. The molecule has 2 aliphatic rings. The lowest BCUT2D eigenvalue weighted by molar-refractivity contribution is -0.0170. The van der Waals surface area contributed by atoms with Crippen LogP contribution in [-0.4, -0.2) is 16.9 Å². The van der Waals surface area contributed by atoms with Gasteiger partial charge in [-0.2, -0.15) is 0 Å². The smallest absolute Gasteiger partial charge is 0.127 e. The predicted octanol–water partition coefficient (Wildman–Crippen LogP) is 3.87. The van der Waals surface area contributed by atoms with Crippen LogP contribution < -0.4 is 0 Å². The Morgan fingerprint density at radius 1 is 1.12 bits per heavy atom. The summed E-state index contributed by atoms with van der Waals surface area (Å²) in [6, 6.07) is 0. The maximum Gasteiger partial charge on any atom is 0.127 e. The summed E-state index contributed by atoms with van der Waals surface area (Å²) in [6.07, 6.45) is 3.03. The zero-order valence-electron chi connectivity index (χ0n) is 11.5. The normalized spacial score (nSPS) is 39.2. The summed E-state index contributed by atoms with van der Waals surface area (Å²) in [6.45, 7) is 7.85. The molecule has 0 fully saturated rings. The van der Waals surface area contributed by atoms with Crippen molar-refractivity contribution in [2.45, 2.75) is 65.2 Å². The van der Waals surface area contributed by atoms with Gasteiger partial charge in [0, 0.05) is 5.92 Å². The highest BCUT2D eigenvalue weighted by Crippen LogP contribution is 2.47. The van der Waals surface area contributed by atoms with Gasteiger partial charge in [0.05, 0.1) is 5.60 Å². The molecule has 2 rings (SSSR count). The highest BCUT2D eigenvalue weighted by molar-refractivity contribution is 5.30. The molecule has 0 aromatic rings. The van der Waals surface area contributed by atoms with E-state index in [1.165, 1.54) is 5.57 Å². The van der Waals surface area contributed by atoms with Crippen LogP contribution in [0.5, 0.6) is 0 Å². The molecular formula is C15H25FO. The first-order valence-corrected chi connectivity index (χ1v) is 6.91. The standard InChI is InChI=1S/C15H25FO/c1-9-6-8-12(15(3,4)17)14(16)13-10(2)5-7-11(9)13/h9-10,12,14,17H,5-8H2,1-4H3. The van der Waals surface area contributed by atoms with Crippen molar-refractivity contribution in [2.24, 2.45) is 17.8 Å². The van der Waals surface area contributed by atoms with E-state index >= 15 is 0 Å². The second-order valence-corrected chi connectivity index (χ2v) is 6.56. The van der Waals surface area contributed by atoms with Crippen molar-refractivity contribution in [2.75, 3.05) is 0 Å². The van der Waals surface area contributed by atoms with Crippen LogP contribution in [0.15, 0.2) is 11.1 Å². The number of hydrogen-bond acceptors (Lipinski definition) is 1. The van der Waals surface area contributed by atoms with Crippen LogP contribution in [0.4, 0.5) is 4.39 Å². The Morgan fingerprint density at radius 3 is 2.35 bits per heavy atom. The lowest BCUT2D eigenvalue weighted by Crippen LogP contribution is -2.38. The first-order chi connectivity index (χ1) is 7.82. The van der Waals surface area contributed by atoms with E-state index in [0.717, 1.165) is 31.3 Å². The molecule has 4 atom stereocenters. The average Bonchev–Trinajstić information content (AvgIpc) is 2.51. The van der Waals surface area contributed by atoms with Crippen LogP contribution in [0.2, 0.25) is 0 Å². The zero-order valence-corrected chi connectivity index (χ0v) is 11.5. The molecule has 0 saturated carbocycles. The Balaban J connectivity index is 2.35. The van der Waals surface area contributed by atoms with Gasteiger partial charge in [0.1, 0.15) is 6.17 Å². The topological polar surface area (TPSA) is 20.2 Å². The Morgan fingerprint density at radius 2 is 1.76 bits per heavy atom. The Bertz CT molecular complexity index is 326. The van der Waals surface area contributed by atoms with Crippen molar-refractivity contribution < 1.29 is 9.50 Å². The summed E-state index contributed by atoms with van der Waals surface area (Å²) in [7, 11) is 0. The van der Waals surface area contributed by atoms with Crippen molar-refractivity contribution in [1.82, 2.24) is 0 Å². The maximum atomic E-state index is 14.8. The summed E-state index contributed by atoms with van der Waals surface area (Å²) >= 11 is 0. The van der Waals surface area contributed by atoms with Crippen LogP contribution >= 0.6 is 0 Å². The van der Waals surface area contributed by atoms with Crippen LogP contribution in [0, 0.1) is 17.8 Å². The van der Waals surface area contributed by atoms with E-state index in [-0.39, 0.29) is 5.92 Å². The number of rotatable bonds is 1. The molecule has 2 aliphatic carbocycles. The molecule has 0 amide bonds. The van der Waals surface area contributed by atoms with Gasteiger partial charge in [-0.3, -0.25) is 0 Å². The molecule has 0 heterocycles. The molecule has 0 aromatic heterocycles. The van der Waals surface area contributed by atoms with Crippen molar-refractivity contribution in [3.63, 3.8) is 0 Å². The van der Waals surface area contributed by atoms with Crippen molar-refractivity contribution in [3.8, 4) is 0 Å². The summed E-state index contributed by atoms with van der Waals surface area (Å²) in [5.41, 5.74) is 1.48. The van der Waals surface area contributed by atoms with Gasteiger partial charge in [-0.1, -0.05) is 19.4 Å². The first kappa shape index (κ1) is 13.1. The molecule has 1 nitrogen and oxygen atoms in total. The fraction of sp³-hybridized carbons (Fsp3) is 0.867. The van der Waals surface area contributed by atoms with E-state index in [9.17, 15) is 9.50 Å². The van der Waals surface area contributed by atoms with Gasteiger partial charge in [-0.05, 0) is 56.9 Å². The molecule has 1 N–H and O–H groups in total. The molecule has 0 aliphatic heterocycles. The molecule has 4 unspecified atom stereocenters. The fourth-order valence-corrected chi connectivity index (χ4v) is 3.65. The highest BCUT2D eigenvalue weighted by Gasteiger charge is 2.42. The molecule has 98 valence electrons. The van der Waals surface area contributed by atoms with Crippen molar-refractivity contribution in [1.29, 1.82) is 0 Å². The SMILES string of the molecule is CC1CCC(C(C)(C)O)C(F)C2=C1CCC2C. The minimum atomic E-state index is -0.938.